The van der Waals surface area contributed by atoms with Crippen LogP contribution in [0.1, 0.15) is 68.9 Å². The fourth-order valence-corrected chi connectivity index (χ4v) is 3.51. The van der Waals surface area contributed by atoms with Crippen LogP contribution in [-0.4, -0.2) is 11.9 Å². The number of hydrogen-bond acceptors (Lipinski definition) is 4. The summed E-state index contributed by atoms with van der Waals surface area (Å²) in [6.45, 7) is 3.57. The zero-order valence-electron chi connectivity index (χ0n) is 12.5. The maximum Gasteiger partial charge on any atom is 0.310 e. The SMILES string of the molecule is CCC(=O)Oc1ccc(OC(=O)CC)c2c1C1CCC2C1. The van der Waals surface area contributed by atoms with E-state index < -0.39 is 0 Å². The average Bonchev–Trinajstić information content (AvgIpc) is 3.11. The van der Waals surface area contributed by atoms with Crippen molar-refractivity contribution in [3.63, 3.8) is 0 Å². The summed E-state index contributed by atoms with van der Waals surface area (Å²) in [4.78, 5) is 23.2. The lowest BCUT2D eigenvalue weighted by Gasteiger charge is -2.21. The Balaban J connectivity index is 2.00. The smallest absolute Gasteiger partial charge is 0.310 e. The van der Waals surface area contributed by atoms with Gasteiger partial charge in [0.2, 0.25) is 0 Å². The number of benzene rings is 1. The third-order valence-corrected chi connectivity index (χ3v) is 4.48. The Labute approximate surface area is 124 Å². The molecule has 0 spiro atoms. The molecule has 3 rings (SSSR count). The molecular formula is C17H20O4. The first-order chi connectivity index (χ1) is 10.1. The summed E-state index contributed by atoms with van der Waals surface area (Å²) < 4.78 is 10.9. The number of hydrogen-bond donors (Lipinski definition) is 0. The van der Waals surface area contributed by atoms with Gasteiger partial charge < -0.3 is 9.47 Å². The van der Waals surface area contributed by atoms with Gasteiger partial charge in [0.25, 0.3) is 0 Å². The average molecular weight is 288 g/mol. The zero-order valence-corrected chi connectivity index (χ0v) is 12.5. The van der Waals surface area contributed by atoms with Gasteiger partial charge in [-0.1, -0.05) is 13.8 Å². The van der Waals surface area contributed by atoms with Crippen LogP contribution in [0, 0.1) is 0 Å². The third-order valence-electron chi connectivity index (χ3n) is 4.48. The van der Waals surface area contributed by atoms with E-state index in [0.717, 1.165) is 30.4 Å². The van der Waals surface area contributed by atoms with Crippen molar-refractivity contribution in [3.05, 3.63) is 23.3 Å². The summed E-state index contributed by atoms with van der Waals surface area (Å²) in [6.07, 6.45) is 4.04. The van der Waals surface area contributed by atoms with Gasteiger partial charge in [-0.15, -0.1) is 0 Å². The lowest BCUT2D eigenvalue weighted by Crippen LogP contribution is -2.12. The van der Waals surface area contributed by atoms with Gasteiger partial charge in [0.15, 0.2) is 0 Å². The van der Waals surface area contributed by atoms with Crippen molar-refractivity contribution in [2.45, 2.75) is 57.8 Å². The summed E-state index contributed by atoms with van der Waals surface area (Å²) in [7, 11) is 0. The molecule has 1 fully saturated rings. The quantitative estimate of drug-likeness (QED) is 0.626. The molecule has 2 aliphatic carbocycles. The summed E-state index contributed by atoms with van der Waals surface area (Å²) in [6, 6.07) is 3.54. The van der Waals surface area contributed by atoms with Crippen LogP contribution in [0.2, 0.25) is 0 Å². The molecule has 0 heterocycles. The molecule has 0 aliphatic heterocycles. The van der Waals surface area contributed by atoms with Crippen LogP contribution in [-0.2, 0) is 9.59 Å². The second-order valence-electron chi connectivity index (χ2n) is 5.75. The predicted octanol–water partition coefficient (Wildman–Crippen LogP) is 3.68. The largest absolute Gasteiger partial charge is 0.426 e. The highest BCUT2D eigenvalue weighted by Gasteiger charge is 2.41. The molecule has 2 aliphatic rings. The summed E-state index contributed by atoms with van der Waals surface area (Å²) in [5.41, 5.74) is 2.18. The zero-order chi connectivity index (χ0) is 15.0. The molecule has 2 unspecified atom stereocenters. The van der Waals surface area contributed by atoms with E-state index in [1.54, 1.807) is 26.0 Å². The van der Waals surface area contributed by atoms with Gasteiger partial charge >= 0.3 is 11.9 Å². The molecule has 1 saturated carbocycles. The molecular weight excluding hydrogens is 268 g/mol. The van der Waals surface area contributed by atoms with Gasteiger partial charge in [-0.2, -0.15) is 0 Å². The monoisotopic (exact) mass is 288 g/mol. The number of rotatable bonds is 4. The molecule has 4 nitrogen and oxygen atoms in total. The molecule has 21 heavy (non-hydrogen) atoms. The molecule has 0 radical (unpaired) electrons. The van der Waals surface area contributed by atoms with Crippen LogP contribution < -0.4 is 9.47 Å². The van der Waals surface area contributed by atoms with E-state index >= 15 is 0 Å². The van der Waals surface area contributed by atoms with E-state index in [2.05, 4.69) is 0 Å². The van der Waals surface area contributed by atoms with Crippen molar-refractivity contribution in [1.29, 1.82) is 0 Å². The highest BCUT2D eigenvalue weighted by atomic mass is 16.5. The molecule has 2 bridgehead atoms. The third kappa shape index (κ3) is 2.43. The molecule has 4 heteroatoms. The van der Waals surface area contributed by atoms with E-state index in [4.69, 9.17) is 9.47 Å². The standard InChI is InChI=1S/C17H20O4/c1-3-14(18)20-12-7-8-13(21-15(19)4-2)17-11-6-5-10(9-11)16(12)17/h7-8,10-11H,3-6,9H2,1-2H3. The van der Waals surface area contributed by atoms with Gasteiger partial charge in [-0.3, -0.25) is 9.59 Å². The molecule has 0 amide bonds. The molecule has 112 valence electrons. The lowest BCUT2D eigenvalue weighted by atomic mass is 9.90. The summed E-state index contributed by atoms with van der Waals surface area (Å²) >= 11 is 0. The minimum atomic E-state index is -0.224. The second-order valence-corrected chi connectivity index (χ2v) is 5.75. The Morgan fingerprint density at radius 2 is 1.38 bits per heavy atom. The van der Waals surface area contributed by atoms with Crippen molar-refractivity contribution in [2.24, 2.45) is 0 Å². The fraction of sp³-hybridized carbons (Fsp3) is 0.529. The molecule has 0 aromatic heterocycles. The van der Waals surface area contributed by atoms with Crippen LogP contribution in [0.3, 0.4) is 0 Å². The van der Waals surface area contributed by atoms with Crippen molar-refractivity contribution >= 4 is 11.9 Å². The van der Waals surface area contributed by atoms with Crippen LogP contribution in [0.5, 0.6) is 11.5 Å². The van der Waals surface area contributed by atoms with Gasteiger partial charge in [-0.25, -0.2) is 0 Å². The van der Waals surface area contributed by atoms with Crippen molar-refractivity contribution in [2.75, 3.05) is 0 Å². The Kier molecular flexibility index (Phi) is 3.70. The first kappa shape index (κ1) is 14.1. The molecule has 0 saturated heterocycles. The molecule has 1 aromatic rings. The summed E-state index contributed by atoms with van der Waals surface area (Å²) in [5.74, 6) is 1.73. The van der Waals surface area contributed by atoms with Gasteiger partial charge in [0.05, 0.1) is 0 Å². The fourth-order valence-electron chi connectivity index (χ4n) is 3.51. The maximum atomic E-state index is 11.6. The van der Waals surface area contributed by atoms with Gasteiger partial charge in [0, 0.05) is 24.0 Å². The maximum absolute atomic E-state index is 11.6. The Morgan fingerprint density at radius 3 is 1.76 bits per heavy atom. The highest BCUT2D eigenvalue weighted by Crippen LogP contribution is 2.58. The van der Waals surface area contributed by atoms with E-state index in [-0.39, 0.29) is 11.9 Å². The minimum absolute atomic E-state index is 0.224. The van der Waals surface area contributed by atoms with E-state index in [0.29, 0.717) is 36.2 Å². The van der Waals surface area contributed by atoms with Gasteiger partial charge in [0.1, 0.15) is 11.5 Å². The van der Waals surface area contributed by atoms with Crippen molar-refractivity contribution in [3.8, 4) is 11.5 Å². The number of carbonyl (C=O) groups is 2. The number of carbonyl (C=O) groups excluding carboxylic acids is 2. The number of esters is 2. The molecule has 0 N–H and O–H groups in total. The predicted molar refractivity (Wildman–Crippen MR) is 77.6 cm³/mol. The molecule has 2 atom stereocenters. The van der Waals surface area contributed by atoms with Crippen molar-refractivity contribution < 1.29 is 19.1 Å². The first-order valence-electron chi connectivity index (χ1n) is 7.72. The van der Waals surface area contributed by atoms with Crippen LogP contribution in [0.15, 0.2) is 12.1 Å². The van der Waals surface area contributed by atoms with Crippen molar-refractivity contribution in [1.82, 2.24) is 0 Å². The number of ether oxygens (including phenoxy) is 2. The van der Waals surface area contributed by atoms with Crippen LogP contribution in [0.25, 0.3) is 0 Å². The Morgan fingerprint density at radius 1 is 0.952 bits per heavy atom. The van der Waals surface area contributed by atoms with E-state index in [1.165, 1.54) is 0 Å². The van der Waals surface area contributed by atoms with E-state index in [9.17, 15) is 9.59 Å². The summed E-state index contributed by atoms with van der Waals surface area (Å²) in [5, 5.41) is 0. The van der Waals surface area contributed by atoms with E-state index in [1.807, 2.05) is 0 Å². The Bertz CT molecular complexity index is 540. The normalized spacial score (nSPS) is 22.0. The highest BCUT2D eigenvalue weighted by molar-refractivity contribution is 5.75. The number of fused-ring (bicyclic) bond motifs is 5. The molecule has 1 aromatic carbocycles. The second kappa shape index (κ2) is 5.51. The minimum Gasteiger partial charge on any atom is -0.426 e. The topological polar surface area (TPSA) is 52.6 Å². The van der Waals surface area contributed by atoms with Crippen LogP contribution in [0.4, 0.5) is 0 Å². The lowest BCUT2D eigenvalue weighted by molar-refractivity contribution is -0.135. The van der Waals surface area contributed by atoms with Crippen LogP contribution >= 0.6 is 0 Å². The van der Waals surface area contributed by atoms with Gasteiger partial charge in [-0.05, 0) is 43.2 Å². The Hall–Kier alpha value is -1.84. The first-order valence-corrected chi connectivity index (χ1v) is 7.72.